The van der Waals surface area contributed by atoms with Crippen molar-refractivity contribution in [3.05, 3.63) is 59.2 Å². The molecule has 0 unspecified atom stereocenters. The van der Waals surface area contributed by atoms with Crippen molar-refractivity contribution in [2.75, 3.05) is 5.32 Å². The topological polar surface area (TPSA) is 38.1 Å². The smallest absolute Gasteiger partial charge is 0.180 e. The van der Waals surface area contributed by atoms with Crippen LogP contribution in [0.1, 0.15) is 5.76 Å². The Bertz CT molecular complexity index is 665. The molecule has 0 bridgehead atoms. The second kappa shape index (κ2) is 4.82. The van der Waals surface area contributed by atoms with Crippen LogP contribution in [0.25, 0.3) is 10.8 Å². The molecule has 0 radical (unpaired) electrons. The minimum Gasteiger partial charge on any atom is -0.447 e. The van der Waals surface area contributed by atoms with Gasteiger partial charge in [-0.1, -0.05) is 40.2 Å². The highest BCUT2D eigenvalue weighted by Gasteiger charge is 2.04. The van der Waals surface area contributed by atoms with E-state index in [0.29, 0.717) is 6.54 Å². The van der Waals surface area contributed by atoms with Crippen LogP contribution in [0, 0.1) is 0 Å². The van der Waals surface area contributed by atoms with Crippen molar-refractivity contribution in [1.82, 2.24) is 4.98 Å². The molecule has 0 fully saturated rings. The number of nitrogens with zero attached hydrogens (tertiary/aromatic N) is 1. The lowest BCUT2D eigenvalue weighted by atomic mass is 10.1. The van der Waals surface area contributed by atoms with E-state index in [-0.39, 0.29) is 0 Å². The summed E-state index contributed by atoms with van der Waals surface area (Å²) in [5.74, 6) is 0.821. The molecule has 1 N–H and O–H groups in total. The van der Waals surface area contributed by atoms with E-state index in [4.69, 9.17) is 4.42 Å². The van der Waals surface area contributed by atoms with Gasteiger partial charge in [-0.05, 0) is 17.5 Å². The van der Waals surface area contributed by atoms with Crippen LogP contribution in [0.5, 0.6) is 0 Å². The molecule has 1 aromatic heterocycles. The van der Waals surface area contributed by atoms with Gasteiger partial charge in [0.25, 0.3) is 0 Å². The zero-order chi connectivity index (χ0) is 12.4. The van der Waals surface area contributed by atoms with Gasteiger partial charge in [0.2, 0.25) is 0 Å². The number of hydrogen-bond donors (Lipinski definition) is 1. The molecular weight excluding hydrogens is 292 g/mol. The predicted molar refractivity (Wildman–Crippen MR) is 75.5 cm³/mol. The summed E-state index contributed by atoms with van der Waals surface area (Å²) in [6.45, 7) is 0.631. The lowest BCUT2D eigenvalue weighted by molar-refractivity contribution is 0.512. The number of benzene rings is 2. The van der Waals surface area contributed by atoms with E-state index in [0.717, 1.165) is 15.9 Å². The van der Waals surface area contributed by atoms with Gasteiger partial charge in [0, 0.05) is 15.5 Å². The molecule has 2 aromatic carbocycles. The number of hydrogen-bond acceptors (Lipinski definition) is 3. The van der Waals surface area contributed by atoms with Crippen molar-refractivity contribution >= 4 is 32.4 Å². The first kappa shape index (κ1) is 11.3. The Kier molecular flexibility index (Phi) is 3.02. The molecule has 0 saturated carbocycles. The number of oxazole rings is 1. The van der Waals surface area contributed by atoms with Gasteiger partial charge >= 0.3 is 0 Å². The second-order valence-electron chi connectivity index (χ2n) is 3.96. The zero-order valence-electron chi connectivity index (χ0n) is 9.56. The molecule has 90 valence electrons. The predicted octanol–water partition coefficient (Wildman–Crippen LogP) is 4.20. The van der Waals surface area contributed by atoms with Crippen molar-refractivity contribution in [3.63, 3.8) is 0 Å². The second-order valence-corrected chi connectivity index (χ2v) is 4.82. The fraction of sp³-hybridized carbons (Fsp3) is 0.0714. The highest BCUT2D eigenvalue weighted by atomic mass is 79.9. The first-order valence-electron chi connectivity index (χ1n) is 5.63. The number of halogens is 1. The zero-order valence-corrected chi connectivity index (χ0v) is 11.1. The largest absolute Gasteiger partial charge is 0.447 e. The third-order valence-corrected chi connectivity index (χ3v) is 3.50. The van der Waals surface area contributed by atoms with E-state index in [1.165, 1.54) is 17.2 Å². The number of fused-ring (bicyclic) bond motifs is 1. The summed E-state index contributed by atoms with van der Waals surface area (Å²) >= 11 is 3.56. The van der Waals surface area contributed by atoms with Crippen LogP contribution in [0.2, 0.25) is 0 Å². The van der Waals surface area contributed by atoms with E-state index < -0.39 is 0 Å². The molecule has 0 aliphatic carbocycles. The average molecular weight is 303 g/mol. The third-order valence-electron chi connectivity index (χ3n) is 2.81. The van der Waals surface area contributed by atoms with Crippen LogP contribution in [-0.2, 0) is 6.54 Å². The van der Waals surface area contributed by atoms with Crippen molar-refractivity contribution in [1.29, 1.82) is 0 Å². The maximum atomic E-state index is 5.21. The van der Waals surface area contributed by atoms with Gasteiger partial charge in [-0.15, -0.1) is 0 Å². The summed E-state index contributed by atoms with van der Waals surface area (Å²) in [5.41, 5.74) is 1.09. The molecule has 1 heterocycles. The molecular formula is C14H11BrN2O. The number of nitrogens with one attached hydrogen (secondary N) is 1. The van der Waals surface area contributed by atoms with Gasteiger partial charge in [0.15, 0.2) is 6.39 Å². The first-order chi connectivity index (χ1) is 8.84. The van der Waals surface area contributed by atoms with Crippen LogP contribution in [-0.4, -0.2) is 4.98 Å². The van der Waals surface area contributed by atoms with Crippen LogP contribution >= 0.6 is 15.9 Å². The van der Waals surface area contributed by atoms with E-state index in [1.54, 1.807) is 6.20 Å². The molecule has 4 heteroatoms. The Hall–Kier alpha value is -1.81. The molecule has 3 rings (SSSR count). The number of anilines is 1. The van der Waals surface area contributed by atoms with Gasteiger partial charge in [-0.25, -0.2) is 4.98 Å². The van der Waals surface area contributed by atoms with Crippen LogP contribution in [0.4, 0.5) is 5.69 Å². The van der Waals surface area contributed by atoms with Gasteiger partial charge in [0.1, 0.15) is 5.76 Å². The van der Waals surface area contributed by atoms with Crippen LogP contribution in [0.15, 0.2) is 57.9 Å². The molecule has 0 spiro atoms. The fourth-order valence-corrected chi connectivity index (χ4v) is 2.41. The summed E-state index contributed by atoms with van der Waals surface area (Å²) in [5, 5.41) is 5.74. The minimum atomic E-state index is 0.631. The SMILES string of the molecule is Brc1ccc(NCc2cnco2)c2ccccc12. The van der Waals surface area contributed by atoms with Crippen molar-refractivity contribution in [3.8, 4) is 0 Å². The molecule has 3 aromatic rings. The summed E-state index contributed by atoms with van der Waals surface area (Å²) in [6.07, 6.45) is 3.16. The van der Waals surface area contributed by atoms with Crippen LogP contribution < -0.4 is 5.32 Å². The average Bonchev–Trinajstić information content (AvgIpc) is 2.92. The van der Waals surface area contributed by atoms with Crippen molar-refractivity contribution in [2.24, 2.45) is 0 Å². The lowest BCUT2D eigenvalue weighted by Crippen LogP contribution is -1.98. The molecule has 0 atom stereocenters. The Morgan fingerprint density at radius 2 is 1.94 bits per heavy atom. The molecule has 18 heavy (non-hydrogen) atoms. The maximum absolute atomic E-state index is 5.21. The summed E-state index contributed by atoms with van der Waals surface area (Å²) < 4.78 is 6.31. The fourth-order valence-electron chi connectivity index (χ4n) is 1.93. The highest BCUT2D eigenvalue weighted by molar-refractivity contribution is 9.10. The van der Waals surface area contributed by atoms with Gasteiger partial charge in [-0.3, -0.25) is 0 Å². The lowest BCUT2D eigenvalue weighted by Gasteiger charge is -2.09. The van der Waals surface area contributed by atoms with Crippen molar-refractivity contribution in [2.45, 2.75) is 6.54 Å². The Balaban J connectivity index is 1.94. The quantitative estimate of drug-likeness (QED) is 0.788. The molecule has 3 nitrogen and oxygen atoms in total. The normalized spacial score (nSPS) is 10.7. The summed E-state index contributed by atoms with van der Waals surface area (Å²) in [4.78, 5) is 3.90. The summed E-state index contributed by atoms with van der Waals surface area (Å²) in [6, 6.07) is 12.4. The molecule has 0 saturated heterocycles. The Labute approximate surface area is 113 Å². The molecule has 0 aliphatic heterocycles. The van der Waals surface area contributed by atoms with Gasteiger partial charge in [-0.2, -0.15) is 0 Å². The minimum absolute atomic E-state index is 0.631. The van der Waals surface area contributed by atoms with E-state index >= 15 is 0 Å². The van der Waals surface area contributed by atoms with Gasteiger partial charge in [0.05, 0.1) is 12.7 Å². The number of aromatic nitrogens is 1. The molecule has 0 aliphatic rings. The standard InChI is InChI=1S/C14H11BrN2O/c15-13-5-6-14(12-4-2-1-3-11(12)13)17-8-10-7-16-9-18-10/h1-7,9,17H,8H2. The highest BCUT2D eigenvalue weighted by Crippen LogP contribution is 2.30. The Morgan fingerprint density at radius 1 is 1.11 bits per heavy atom. The third kappa shape index (κ3) is 2.11. The van der Waals surface area contributed by atoms with E-state index in [9.17, 15) is 0 Å². The molecule has 0 amide bonds. The number of rotatable bonds is 3. The van der Waals surface area contributed by atoms with E-state index in [1.807, 2.05) is 18.2 Å². The Morgan fingerprint density at radius 3 is 2.72 bits per heavy atom. The maximum Gasteiger partial charge on any atom is 0.180 e. The monoisotopic (exact) mass is 302 g/mol. The van der Waals surface area contributed by atoms with E-state index in [2.05, 4.69) is 44.4 Å². The first-order valence-corrected chi connectivity index (χ1v) is 6.42. The van der Waals surface area contributed by atoms with Gasteiger partial charge < -0.3 is 9.73 Å². The van der Waals surface area contributed by atoms with Crippen molar-refractivity contribution < 1.29 is 4.42 Å². The summed E-state index contributed by atoms with van der Waals surface area (Å²) in [7, 11) is 0. The van der Waals surface area contributed by atoms with Crippen LogP contribution in [0.3, 0.4) is 0 Å².